The summed E-state index contributed by atoms with van der Waals surface area (Å²) in [5, 5.41) is 9.67. The molecule has 2 heteroatoms. The monoisotopic (exact) mass is 747 g/mol. The van der Waals surface area contributed by atoms with E-state index in [1.807, 2.05) is 0 Å². The van der Waals surface area contributed by atoms with Gasteiger partial charge in [0, 0.05) is 0 Å². The van der Waals surface area contributed by atoms with Gasteiger partial charge >= 0.3 is 5.97 Å². The number of unbranched alkanes of at least 4 members (excludes halogenated alkanes) is 43. The van der Waals surface area contributed by atoms with Crippen LogP contribution >= 0.6 is 0 Å². The summed E-state index contributed by atoms with van der Waals surface area (Å²) in [5.41, 5.74) is 0. The van der Waals surface area contributed by atoms with E-state index in [1.54, 1.807) is 0 Å². The molecule has 0 rings (SSSR count). The van der Waals surface area contributed by atoms with E-state index in [2.05, 4.69) is 13.8 Å². The number of rotatable bonds is 48. The fourth-order valence-corrected chi connectivity index (χ4v) is 8.57. The number of hydrogen-bond donors (Lipinski definition) is 1. The number of carboxylic acids is 1. The molecule has 0 fully saturated rings. The van der Waals surface area contributed by atoms with E-state index in [4.69, 9.17) is 0 Å². The Kier molecular flexibility index (Phi) is 47.1. The van der Waals surface area contributed by atoms with Crippen LogP contribution in [-0.2, 0) is 4.79 Å². The summed E-state index contributed by atoms with van der Waals surface area (Å²) in [7, 11) is 0. The Bertz CT molecular complexity index is 659. The van der Waals surface area contributed by atoms with E-state index in [0.717, 1.165) is 25.7 Å². The lowest BCUT2D eigenvalue weighted by molar-refractivity contribution is -0.142. The second-order valence-corrected chi connectivity index (χ2v) is 17.8. The first-order valence-corrected chi connectivity index (χ1v) is 25.4. The van der Waals surface area contributed by atoms with E-state index >= 15 is 0 Å². The van der Waals surface area contributed by atoms with E-state index in [9.17, 15) is 9.90 Å². The van der Waals surface area contributed by atoms with Crippen LogP contribution in [0.15, 0.2) is 0 Å². The van der Waals surface area contributed by atoms with Crippen LogP contribution in [0.1, 0.15) is 316 Å². The van der Waals surface area contributed by atoms with Crippen molar-refractivity contribution in [2.24, 2.45) is 5.92 Å². The fraction of sp³-hybridized carbons (Fsp3) is 0.980. The molecule has 0 aromatic rings. The van der Waals surface area contributed by atoms with Gasteiger partial charge in [0.25, 0.3) is 0 Å². The van der Waals surface area contributed by atoms with Crippen molar-refractivity contribution in [3.05, 3.63) is 0 Å². The van der Waals surface area contributed by atoms with Crippen molar-refractivity contribution in [2.45, 2.75) is 316 Å². The van der Waals surface area contributed by atoms with Crippen LogP contribution in [0.3, 0.4) is 0 Å². The topological polar surface area (TPSA) is 37.3 Å². The molecule has 0 radical (unpaired) electrons. The molecule has 0 saturated carbocycles. The normalized spacial score (nSPS) is 12.2. The van der Waals surface area contributed by atoms with E-state index in [0.29, 0.717) is 0 Å². The van der Waals surface area contributed by atoms with Crippen LogP contribution in [0, 0.1) is 5.92 Å². The Morgan fingerprint density at radius 2 is 0.396 bits per heavy atom. The lowest BCUT2D eigenvalue weighted by Crippen LogP contribution is -2.13. The maximum absolute atomic E-state index is 11.7. The van der Waals surface area contributed by atoms with Crippen molar-refractivity contribution in [3.63, 3.8) is 0 Å². The lowest BCUT2D eigenvalue weighted by Gasteiger charge is -2.12. The van der Waals surface area contributed by atoms with Gasteiger partial charge < -0.3 is 5.11 Å². The van der Waals surface area contributed by atoms with Crippen LogP contribution in [0.4, 0.5) is 0 Å². The maximum Gasteiger partial charge on any atom is 0.306 e. The van der Waals surface area contributed by atoms with Crippen molar-refractivity contribution in [2.75, 3.05) is 0 Å². The molecule has 0 aliphatic carbocycles. The van der Waals surface area contributed by atoms with Gasteiger partial charge in [0.1, 0.15) is 0 Å². The third kappa shape index (κ3) is 45.8. The first-order chi connectivity index (χ1) is 26.2. The molecule has 0 aromatic heterocycles. The number of carbonyl (C=O) groups is 1. The largest absolute Gasteiger partial charge is 0.481 e. The highest BCUT2D eigenvalue weighted by Gasteiger charge is 2.16. The first-order valence-electron chi connectivity index (χ1n) is 25.4. The quantitative estimate of drug-likeness (QED) is 0.0630. The standard InChI is InChI=1S/C51H102O2/c1-3-5-7-9-11-13-15-17-18-19-20-21-22-23-24-25-26-27-28-29-30-31-32-33-34-35-36-37-39-41-43-45-47-49-50(51(52)53)48-46-44-42-40-38-16-14-12-10-8-6-4-2/h50H,3-49H2,1-2H3,(H,52,53). The molecular formula is C51H102O2. The summed E-state index contributed by atoms with van der Waals surface area (Å²) in [4.78, 5) is 11.7. The molecule has 1 N–H and O–H groups in total. The smallest absolute Gasteiger partial charge is 0.306 e. The number of aliphatic carboxylic acids is 1. The summed E-state index contributed by atoms with van der Waals surface area (Å²) in [5.74, 6) is -0.652. The van der Waals surface area contributed by atoms with Crippen molar-refractivity contribution < 1.29 is 9.90 Å². The molecule has 0 aliphatic rings. The maximum atomic E-state index is 11.7. The van der Waals surface area contributed by atoms with Crippen LogP contribution in [-0.4, -0.2) is 11.1 Å². The zero-order valence-corrected chi connectivity index (χ0v) is 37.2. The molecule has 0 amide bonds. The third-order valence-corrected chi connectivity index (χ3v) is 12.4. The van der Waals surface area contributed by atoms with Gasteiger partial charge in [-0.15, -0.1) is 0 Å². The molecule has 53 heavy (non-hydrogen) atoms. The zero-order valence-electron chi connectivity index (χ0n) is 37.2. The van der Waals surface area contributed by atoms with Crippen molar-refractivity contribution >= 4 is 5.97 Å². The molecular weight excluding hydrogens is 645 g/mol. The minimum absolute atomic E-state index is 0.100. The van der Waals surface area contributed by atoms with Gasteiger partial charge in [0.15, 0.2) is 0 Å². The van der Waals surface area contributed by atoms with Crippen molar-refractivity contribution in [1.29, 1.82) is 0 Å². The Morgan fingerprint density at radius 3 is 0.528 bits per heavy atom. The lowest BCUT2D eigenvalue weighted by atomic mass is 9.94. The van der Waals surface area contributed by atoms with Gasteiger partial charge in [-0.05, 0) is 12.8 Å². The SMILES string of the molecule is CCCCCCCCCCCCCCCCCCCCCCCCCCCCCCCCCCCC(CCCCCCCCCCCCCC)C(=O)O. The van der Waals surface area contributed by atoms with Crippen LogP contribution in [0.2, 0.25) is 0 Å². The third-order valence-electron chi connectivity index (χ3n) is 12.4. The van der Waals surface area contributed by atoms with Gasteiger partial charge in [-0.2, -0.15) is 0 Å². The minimum Gasteiger partial charge on any atom is -0.481 e. The Balaban J connectivity index is 3.25. The van der Waals surface area contributed by atoms with Gasteiger partial charge in [-0.25, -0.2) is 0 Å². The van der Waals surface area contributed by atoms with Gasteiger partial charge in [0.2, 0.25) is 0 Å². The summed E-state index contributed by atoms with van der Waals surface area (Å²) >= 11 is 0. The summed E-state index contributed by atoms with van der Waals surface area (Å²) in [6.45, 7) is 4.59. The van der Waals surface area contributed by atoms with E-state index in [1.165, 1.54) is 276 Å². The first kappa shape index (κ1) is 52.5. The van der Waals surface area contributed by atoms with E-state index in [-0.39, 0.29) is 5.92 Å². The Labute approximate surface area is 336 Å². The Morgan fingerprint density at radius 1 is 0.264 bits per heavy atom. The number of hydrogen-bond acceptors (Lipinski definition) is 1. The summed E-state index contributed by atoms with van der Waals surface area (Å²) in [6, 6.07) is 0. The number of carboxylic acid groups (broad SMARTS) is 1. The average molecular weight is 747 g/mol. The second-order valence-electron chi connectivity index (χ2n) is 17.8. The fourth-order valence-electron chi connectivity index (χ4n) is 8.57. The minimum atomic E-state index is -0.552. The molecule has 1 unspecified atom stereocenters. The van der Waals surface area contributed by atoms with Crippen LogP contribution in [0.25, 0.3) is 0 Å². The predicted molar refractivity (Wildman–Crippen MR) is 239 cm³/mol. The molecule has 0 heterocycles. The molecule has 318 valence electrons. The van der Waals surface area contributed by atoms with Crippen LogP contribution < -0.4 is 0 Å². The van der Waals surface area contributed by atoms with Crippen LogP contribution in [0.5, 0.6) is 0 Å². The van der Waals surface area contributed by atoms with Crippen molar-refractivity contribution in [1.82, 2.24) is 0 Å². The highest BCUT2D eigenvalue weighted by molar-refractivity contribution is 5.69. The molecule has 1 atom stereocenters. The molecule has 0 aromatic carbocycles. The van der Waals surface area contributed by atoms with Gasteiger partial charge in [0.05, 0.1) is 5.92 Å². The van der Waals surface area contributed by atoms with E-state index < -0.39 is 5.97 Å². The van der Waals surface area contributed by atoms with Gasteiger partial charge in [-0.3, -0.25) is 4.79 Å². The molecule has 0 saturated heterocycles. The zero-order chi connectivity index (χ0) is 38.4. The predicted octanol–water partition coefficient (Wildman–Crippen LogP) is 19.1. The second kappa shape index (κ2) is 47.6. The molecule has 2 nitrogen and oxygen atoms in total. The Hall–Kier alpha value is -0.530. The van der Waals surface area contributed by atoms with Gasteiger partial charge in [-0.1, -0.05) is 303 Å². The molecule has 0 spiro atoms. The highest BCUT2D eigenvalue weighted by Crippen LogP contribution is 2.21. The molecule has 0 aliphatic heterocycles. The summed E-state index contributed by atoms with van der Waals surface area (Å²) in [6.07, 6.45) is 65.2. The highest BCUT2D eigenvalue weighted by atomic mass is 16.4. The summed E-state index contributed by atoms with van der Waals surface area (Å²) < 4.78 is 0. The van der Waals surface area contributed by atoms with Crippen molar-refractivity contribution in [3.8, 4) is 0 Å². The molecule has 0 bridgehead atoms. The average Bonchev–Trinajstić information content (AvgIpc) is 3.16.